The van der Waals surface area contributed by atoms with Gasteiger partial charge in [-0.3, -0.25) is 24.2 Å². The topological polar surface area (TPSA) is 60.9 Å². The Balaban J connectivity index is 1.27. The predicted molar refractivity (Wildman–Crippen MR) is 105 cm³/mol. The second-order valence-corrected chi connectivity index (χ2v) is 8.27. The van der Waals surface area contributed by atoms with Gasteiger partial charge < -0.3 is 4.90 Å². The molecule has 6 nitrogen and oxygen atoms in total. The van der Waals surface area contributed by atoms with Gasteiger partial charge in [-0.05, 0) is 30.5 Å². The van der Waals surface area contributed by atoms with Gasteiger partial charge in [0.15, 0.2) is 0 Å². The summed E-state index contributed by atoms with van der Waals surface area (Å²) >= 11 is 0. The van der Waals surface area contributed by atoms with Crippen molar-refractivity contribution in [3.63, 3.8) is 0 Å². The van der Waals surface area contributed by atoms with E-state index in [1.165, 1.54) is 12.1 Å². The van der Waals surface area contributed by atoms with Crippen molar-refractivity contribution < 1.29 is 27.6 Å². The maximum atomic E-state index is 12.7. The largest absolute Gasteiger partial charge is 0.416 e. The standard InChI is InChI=1S/C22H24F3N3O3/c23-22(24,25)16-7-5-15(6-8-16)13-26-9-11-27(12-10-26)19(29)14-28-20(30)17-3-1-2-4-18(17)21(28)31/h1-2,5-8,17-18H,3-4,9-14H2. The van der Waals surface area contributed by atoms with Gasteiger partial charge >= 0.3 is 6.18 Å². The molecule has 0 radical (unpaired) electrons. The number of piperazine rings is 1. The molecule has 2 saturated heterocycles. The Labute approximate surface area is 178 Å². The summed E-state index contributed by atoms with van der Waals surface area (Å²) in [7, 11) is 0. The maximum absolute atomic E-state index is 12.7. The first-order valence-electron chi connectivity index (χ1n) is 10.4. The van der Waals surface area contributed by atoms with Crippen molar-refractivity contribution in [2.75, 3.05) is 32.7 Å². The number of imide groups is 1. The van der Waals surface area contributed by atoms with Gasteiger partial charge in [0.2, 0.25) is 17.7 Å². The Bertz CT molecular complexity index is 864. The molecule has 0 spiro atoms. The number of alkyl halides is 3. The van der Waals surface area contributed by atoms with Crippen LogP contribution in [0.3, 0.4) is 0 Å². The Kier molecular flexibility index (Phi) is 5.88. The van der Waals surface area contributed by atoms with Gasteiger partial charge in [0.05, 0.1) is 17.4 Å². The number of carbonyl (C=O) groups is 3. The van der Waals surface area contributed by atoms with Crippen LogP contribution in [0.25, 0.3) is 0 Å². The molecule has 3 amide bonds. The number of allylic oxidation sites excluding steroid dienone is 2. The first-order chi connectivity index (χ1) is 14.7. The number of amides is 3. The molecule has 1 aromatic rings. The van der Waals surface area contributed by atoms with Crippen molar-refractivity contribution in [1.82, 2.24) is 14.7 Å². The van der Waals surface area contributed by atoms with Gasteiger partial charge in [0.1, 0.15) is 6.54 Å². The molecule has 0 saturated carbocycles. The van der Waals surface area contributed by atoms with E-state index >= 15 is 0 Å². The molecule has 2 heterocycles. The molecule has 0 aromatic heterocycles. The molecule has 2 atom stereocenters. The Morgan fingerprint density at radius 2 is 1.45 bits per heavy atom. The molecule has 9 heteroatoms. The normalized spacial score (nSPS) is 24.6. The predicted octanol–water partition coefficient (Wildman–Crippen LogP) is 2.30. The van der Waals surface area contributed by atoms with E-state index in [-0.39, 0.29) is 36.1 Å². The van der Waals surface area contributed by atoms with Crippen LogP contribution in [0.1, 0.15) is 24.0 Å². The summed E-state index contributed by atoms with van der Waals surface area (Å²) < 4.78 is 38.0. The van der Waals surface area contributed by atoms with E-state index in [0.29, 0.717) is 45.6 Å². The average Bonchev–Trinajstić information content (AvgIpc) is 2.99. The summed E-state index contributed by atoms with van der Waals surface area (Å²) in [5, 5.41) is 0. The number of hydrogen-bond donors (Lipinski definition) is 0. The summed E-state index contributed by atoms with van der Waals surface area (Å²) in [4.78, 5) is 42.6. The van der Waals surface area contributed by atoms with Gasteiger partial charge in [-0.15, -0.1) is 0 Å². The van der Waals surface area contributed by atoms with Crippen LogP contribution in [0, 0.1) is 11.8 Å². The lowest BCUT2D eigenvalue weighted by Crippen LogP contribution is -2.51. The van der Waals surface area contributed by atoms with E-state index in [1.807, 2.05) is 12.2 Å². The fourth-order valence-electron chi connectivity index (χ4n) is 4.47. The van der Waals surface area contributed by atoms with E-state index in [1.54, 1.807) is 4.90 Å². The number of likely N-dealkylation sites (tertiary alicyclic amines) is 1. The summed E-state index contributed by atoms with van der Waals surface area (Å²) in [6.45, 7) is 2.32. The first kappa shape index (κ1) is 21.5. The van der Waals surface area contributed by atoms with Crippen molar-refractivity contribution >= 4 is 17.7 Å². The molecule has 166 valence electrons. The number of benzene rings is 1. The lowest BCUT2D eigenvalue weighted by Gasteiger charge is -2.35. The van der Waals surface area contributed by atoms with Crippen molar-refractivity contribution in [1.29, 1.82) is 0 Å². The highest BCUT2D eigenvalue weighted by atomic mass is 19.4. The smallest absolute Gasteiger partial charge is 0.339 e. The number of carbonyl (C=O) groups excluding carboxylic acids is 3. The molecule has 0 N–H and O–H groups in total. The van der Waals surface area contributed by atoms with Gasteiger partial charge in [-0.2, -0.15) is 13.2 Å². The van der Waals surface area contributed by atoms with Crippen LogP contribution in [-0.4, -0.2) is 65.1 Å². The van der Waals surface area contributed by atoms with Gasteiger partial charge in [-0.25, -0.2) is 0 Å². The van der Waals surface area contributed by atoms with Gasteiger partial charge in [0.25, 0.3) is 0 Å². The van der Waals surface area contributed by atoms with E-state index in [2.05, 4.69) is 4.90 Å². The molecule has 31 heavy (non-hydrogen) atoms. The number of fused-ring (bicyclic) bond motifs is 1. The highest BCUT2D eigenvalue weighted by molar-refractivity contribution is 6.07. The lowest BCUT2D eigenvalue weighted by molar-refractivity contribution is -0.147. The summed E-state index contributed by atoms with van der Waals surface area (Å²) in [5.41, 5.74) is 0.102. The molecule has 2 aliphatic heterocycles. The quantitative estimate of drug-likeness (QED) is 0.538. The summed E-state index contributed by atoms with van der Waals surface area (Å²) in [6, 6.07) is 5.09. The van der Waals surface area contributed by atoms with Crippen LogP contribution in [0.5, 0.6) is 0 Å². The number of halogens is 3. The van der Waals surface area contributed by atoms with Crippen LogP contribution in [0.15, 0.2) is 36.4 Å². The second kappa shape index (κ2) is 8.45. The zero-order valence-electron chi connectivity index (χ0n) is 17.0. The zero-order valence-corrected chi connectivity index (χ0v) is 17.0. The third-order valence-corrected chi connectivity index (χ3v) is 6.30. The molecule has 2 fully saturated rings. The highest BCUT2D eigenvalue weighted by Crippen LogP contribution is 2.35. The van der Waals surface area contributed by atoms with Crippen molar-refractivity contribution in [3.8, 4) is 0 Å². The van der Waals surface area contributed by atoms with Crippen LogP contribution in [0.2, 0.25) is 0 Å². The maximum Gasteiger partial charge on any atom is 0.416 e. The molecule has 4 rings (SSSR count). The molecule has 1 aromatic carbocycles. The fourth-order valence-corrected chi connectivity index (χ4v) is 4.47. The molecular formula is C22H24F3N3O3. The molecule has 1 aliphatic carbocycles. The molecule has 3 aliphatic rings. The number of nitrogens with zero attached hydrogens (tertiary/aromatic N) is 3. The number of rotatable bonds is 4. The van der Waals surface area contributed by atoms with E-state index < -0.39 is 11.7 Å². The summed E-state index contributed by atoms with van der Waals surface area (Å²) in [6.07, 6.45) is 0.559. The lowest BCUT2D eigenvalue weighted by atomic mass is 9.85. The second-order valence-electron chi connectivity index (χ2n) is 8.27. The van der Waals surface area contributed by atoms with Crippen molar-refractivity contribution in [3.05, 3.63) is 47.5 Å². The van der Waals surface area contributed by atoms with E-state index in [9.17, 15) is 27.6 Å². The monoisotopic (exact) mass is 435 g/mol. The summed E-state index contributed by atoms with van der Waals surface area (Å²) in [5.74, 6) is -1.44. The molecule has 0 bridgehead atoms. The van der Waals surface area contributed by atoms with E-state index in [0.717, 1.165) is 22.6 Å². The minimum absolute atomic E-state index is 0.219. The Morgan fingerprint density at radius 1 is 0.903 bits per heavy atom. The molecule has 2 unspecified atom stereocenters. The van der Waals surface area contributed by atoms with Crippen molar-refractivity contribution in [2.45, 2.75) is 25.6 Å². The van der Waals surface area contributed by atoms with Gasteiger partial charge in [0, 0.05) is 32.7 Å². The van der Waals surface area contributed by atoms with Crippen molar-refractivity contribution in [2.24, 2.45) is 11.8 Å². The van der Waals surface area contributed by atoms with Crippen LogP contribution in [0.4, 0.5) is 13.2 Å². The third-order valence-electron chi connectivity index (χ3n) is 6.30. The minimum Gasteiger partial charge on any atom is -0.339 e. The number of hydrogen-bond acceptors (Lipinski definition) is 4. The Hall–Kier alpha value is -2.68. The highest BCUT2D eigenvalue weighted by Gasteiger charge is 2.48. The van der Waals surface area contributed by atoms with Crippen LogP contribution < -0.4 is 0 Å². The first-order valence-corrected chi connectivity index (χ1v) is 10.4. The van der Waals surface area contributed by atoms with Crippen LogP contribution >= 0.6 is 0 Å². The average molecular weight is 435 g/mol. The molecular weight excluding hydrogens is 411 g/mol. The fraction of sp³-hybridized carbons (Fsp3) is 0.500. The third kappa shape index (κ3) is 4.51. The Morgan fingerprint density at radius 3 is 1.97 bits per heavy atom. The van der Waals surface area contributed by atoms with E-state index in [4.69, 9.17) is 0 Å². The minimum atomic E-state index is -4.35. The SMILES string of the molecule is O=C(CN1C(=O)C2CC=CCC2C1=O)N1CCN(Cc2ccc(C(F)(F)F)cc2)CC1. The zero-order chi connectivity index (χ0) is 22.2. The van der Waals surface area contributed by atoms with Crippen LogP contribution in [-0.2, 0) is 27.1 Å². The van der Waals surface area contributed by atoms with Gasteiger partial charge in [-0.1, -0.05) is 24.3 Å².